The SMILES string of the molecule is COc1ccc(OC(C)C(=O)NCCOc2ccc(-c3ccc(OC)cc3)nn2)cc1. The molecule has 0 aliphatic carbocycles. The topological polar surface area (TPSA) is 91.8 Å². The smallest absolute Gasteiger partial charge is 0.260 e. The van der Waals surface area contributed by atoms with Crippen molar-refractivity contribution in [3.8, 4) is 34.4 Å². The van der Waals surface area contributed by atoms with E-state index in [0.29, 0.717) is 18.2 Å². The lowest BCUT2D eigenvalue weighted by atomic mass is 10.1. The Morgan fingerprint density at radius 3 is 2.06 bits per heavy atom. The molecule has 0 saturated carbocycles. The van der Waals surface area contributed by atoms with Gasteiger partial charge in [0.15, 0.2) is 6.10 Å². The molecule has 0 saturated heterocycles. The van der Waals surface area contributed by atoms with Crippen LogP contribution in [0.2, 0.25) is 0 Å². The first-order chi connectivity index (χ1) is 15.1. The van der Waals surface area contributed by atoms with E-state index < -0.39 is 6.10 Å². The largest absolute Gasteiger partial charge is 0.497 e. The first-order valence-electron chi connectivity index (χ1n) is 9.78. The molecule has 1 heterocycles. The van der Waals surface area contributed by atoms with Gasteiger partial charge in [0, 0.05) is 11.6 Å². The van der Waals surface area contributed by atoms with E-state index >= 15 is 0 Å². The van der Waals surface area contributed by atoms with Crippen LogP contribution in [0.25, 0.3) is 11.3 Å². The van der Waals surface area contributed by atoms with Crippen molar-refractivity contribution in [1.29, 1.82) is 0 Å². The van der Waals surface area contributed by atoms with Crippen molar-refractivity contribution in [3.05, 3.63) is 60.7 Å². The zero-order valence-corrected chi connectivity index (χ0v) is 17.7. The molecule has 1 unspecified atom stereocenters. The molecule has 2 aromatic carbocycles. The summed E-state index contributed by atoms with van der Waals surface area (Å²) in [5.74, 6) is 2.24. The Hall–Kier alpha value is -3.81. The summed E-state index contributed by atoms with van der Waals surface area (Å²) in [7, 11) is 3.22. The fraction of sp³-hybridized carbons (Fsp3) is 0.261. The molecule has 1 N–H and O–H groups in total. The summed E-state index contributed by atoms with van der Waals surface area (Å²) in [6.45, 7) is 2.26. The predicted molar refractivity (Wildman–Crippen MR) is 116 cm³/mol. The van der Waals surface area contributed by atoms with Gasteiger partial charge in [0.25, 0.3) is 5.91 Å². The second-order valence-corrected chi connectivity index (χ2v) is 6.56. The molecule has 0 fully saturated rings. The number of hydrogen-bond acceptors (Lipinski definition) is 7. The maximum atomic E-state index is 12.2. The Bertz CT molecular complexity index is 960. The zero-order chi connectivity index (χ0) is 22.1. The van der Waals surface area contributed by atoms with E-state index in [-0.39, 0.29) is 12.5 Å². The van der Waals surface area contributed by atoms with Crippen LogP contribution in [0.4, 0.5) is 0 Å². The quantitative estimate of drug-likeness (QED) is 0.501. The van der Waals surface area contributed by atoms with Crippen molar-refractivity contribution >= 4 is 5.91 Å². The highest BCUT2D eigenvalue weighted by Gasteiger charge is 2.14. The number of ether oxygens (including phenoxy) is 4. The van der Waals surface area contributed by atoms with Crippen LogP contribution in [0.3, 0.4) is 0 Å². The third kappa shape index (κ3) is 6.33. The van der Waals surface area contributed by atoms with Gasteiger partial charge in [0.2, 0.25) is 5.88 Å². The third-order valence-electron chi connectivity index (χ3n) is 4.42. The summed E-state index contributed by atoms with van der Waals surface area (Å²) in [4.78, 5) is 12.2. The Kier molecular flexibility index (Phi) is 7.64. The molecule has 8 heteroatoms. The first kappa shape index (κ1) is 21.9. The van der Waals surface area contributed by atoms with E-state index in [4.69, 9.17) is 18.9 Å². The minimum Gasteiger partial charge on any atom is -0.497 e. The Balaban J connectivity index is 1.40. The number of aromatic nitrogens is 2. The second-order valence-electron chi connectivity index (χ2n) is 6.56. The van der Waals surface area contributed by atoms with Gasteiger partial charge in [-0.05, 0) is 61.5 Å². The van der Waals surface area contributed by atoms with Gasteiger partial charge in [-0.2, -0.15) is 0 Å². The summed E-state index contributed by atoms with van der Waals surface area (Å²) in [6, 6.07) is 18.2. The van der Waals surface area contributed by atoms with Crippen LogP contribution < -0.4 is 24.3 Å². The lowest BCUT2D eigenvalue weighted by molar-refractivity contribution is -0.127. The average molecular weight is 423 g/mol. The summed E-state index contributed by atoms with van der Waals surface area (Å²) in [5.41, 5.74) is 1.66. The van der Waals surface area contributed by atoms with E-state index in [1.54, 1.807) is 51.5 Å². The molecule has 1 aromatic heterocycles. The fourth-order valence-electron chi connectivity index (χ4n) is 2.70. The van der Waals surface area contributed by atoms with Crippen LogP contribution in [0.15, 0.2) is 60.7 Å². The van der Waals surface area contributed by atoms with E-state index in [1.807, 2.05) is 30.3 Å². The van der Waals surface area contributed by atoms with Crippen molar-refractivity contribution in [2.45, 2.75) is 13.0 Å². The number of carbonyl (C=O) groups excluding carboxylic acids is 1. The summed E-state index contributed by atoms with van der Waals surface area (Å²) in [6.07, 6.45) is -0.642. The highest BCUT2D eigenvalue weighted by atomic mass is 16.5. The monoisotopic (exact) mass is 423 g/mol. The maximum absolute atomic E-state index is 12.2. The average Bonchev–Trinajstić information content (AvgIpc) is 2.82. The van der Waals surface area contributed by atoms with Gasteiger partial charge in [0.1, 0.15) is 23.9 Å². The van der Waals surface area contributed by atoms with Crippen LogP contribution in [0.5, 0.6) is 23.1 Å². The number of carbonyl (C=O) groups is 1. The van der Waals surface area contributed by atoms with Gasteiger partial charge in [-0.3, -0.25) is 4.79 Å². The number of nitrogens with one attached hydrogen (secondary N) is 1. The fourth-order valence-corrected chi connectivity index (χ4v) is 2.70. The van der Waals surface area contributed by atoms with Crippen LogP contribution >= 0.6 is 0 Å². The molecule has 3 aromatic rings. The molecule has 1 amide bonds. The molecule has 0 spiro atoms. The highest BCUT2D eigenvalue weighted by molar-refractivity contribution is 5.80. The van der Waals surface area contributed by atoms with Gasteiger partial charge < -0.3 is 24.3 Å². The number of hydrogen-bond donors (Lipinski definition) is 1. The van der Waals surface area contributed by atoms with Gasteiger partial charge in [-0.15, -0.1) is 10.2 Å². The number of benzene rings is 2. The highest BCUT2D eigenvalue weighted by Crippen LogP contribution is 2.21. The summed E-state index contributed by atoms with van der Waals surface area (Å²) >= 11 is 0. The van der Waals surface area contributed by atoms with Crippen molar-refractivity contribution in [2.75, 3.05) is 27.4 Å². The second kappa shape index (κ2) is 10.8. The van der Waals surface area contributed by atoms with Crippen molar-refractivity contribution in [1.82, 2.24) is 15.5 Å². The normalized spacial score (nSPS) is 11.3. The van der Waals surface area contributed by atoms with Crippen molar-refractivity contribution in [2.24, 2.45) is 0 Å². The molecule has 3 rings (SSSR count). The Morgan fingerprint density at radius 2 is 1.48 bits per heavy atom. The number of nitrogens with zero attached hydrogens (tertiary/aromatic N) is 2. The van der Waals surface area contributed by atoms with E-state index in [9.17, 15) is 4.79 Å². The Morgan fingerprint density at radius 1 is 0.871 bits per heavy atom. The maximum Gasteiger partial charge on any atom is 0.260 e. The molecule has 8 nitrogen and oxygen atoms in total. The van der Waals surface area contributed by atoms with Gasteiger partial charge in [-0.1, -0.05) is 0 Å². The van der Waals surface area contributed by atoms with Crippen LogP contribution in [0.1, 0.15) is 6.92 Å². The van der Waals surface area contributed by atoms with E-state index in [2.05, 4.69) is 15.5 Å². The molecular weight excluding hydrogens is 398 g/mol. The molecule has 0 bridgehead atoms. The third-order valence-corrected chi connectivity index (χ3v) is 4.42. The number of rotatable bonds is 10. The van der Waals surface area contributed by atoms with E-state index in [0.717, 1.165) is 22.8 Å². The van der Waals surface area contributed by atoms with Gasteiger partial charge in [-0.25, -0.2) is 0 Å². The zero-order valence-electron chi connectivity index (χ0n) is 17.7. The lowest BCUT2D eigenvalue weighted by Gasteiger charge is -2.15. The molecule has 162 valence electrons. The van der Waals surface area contributed by atoms with Crippen molar-refractivity contribution in [3.63, 3.8) is 0 Å². The molecule has 0 radical (unpaired) electrons. The molecule has 0 aliphatic rings. The first-order valence-corrected chi connectivity index (χ1v) is 9.78. The summed E-state index contributed by atoms with van der Waals surface area (Å²) in [5, 5.41) is 11.0. The molecule has 1 atom stereocenters. The number of methoxy groups -OCH3 is 2. The van der Waals surface area contributed by atoms with Gasteiger partial charge >= 0.3 is 0 Å². The van der Waals surface area contributed by atoms with E-state index in [1.165, 1.54) is 0 Å². The standard InChI is InChI=1S/C23H25N3O5/c1-16(31-20-10-8-19(29-3)9-11-20)23(27)24-14-15-30-22-13-12-21(25-26-22)17-4-6-18(28-2)7-5-17/h4-13,16H,14-15H2,1-3H3,(H,24,27). The van der Waals surface area contributed by atoms with Crippen LogP contribution in [0, 0.1) is 0 Å². The molecule has 31 heavy (non-hydrogen) atoms. The summed E-state index contributed by atoms with van der Waals surface area (Å²) < 4.78 is 21.4. The van der Waals surface area contributed by atoms with Crippen LogP contribution in [-0.4, -0.2) is 49.6 Å². The molecular formula is C23H25N3O5. The molecule has 0 aliphatic heterocycles. The van der Waals surface area contributed by atoms with Crippen molar-refractivity contribution < 1.29 is 23.7 Å². The lowest BCUT2D eigenvalue weighted by Crippen LogP contribution is -2.38. The minimum absolute atomic E-state index is 0.236. The Labute approximate surface area is 181 Å². The predicted octanol–water partition coefficient (Wildman–Crippen LogP) is 3.12. The van der Waals surface area contributed by atoms with Crippen LogP contribution in [-0.2, 0) is 4.79 Å². The number of amides is 1. The van der Waals surface area contributed by atoms with Gasteiger partial charge in [0.05, 0.1) is 26.5 Å². The minimum atomic E-state index is -0.642.